The molecule has 0 aromatic heterocycles. The maximum atomic E-state index is 13.4. The molecule has 1 aromatic carbocycles. The lowest BCUT2D eigenvalue weighted by Crippen LogP contribution is -2.54. The Kier molecular flexibility index (Phi) is 7.10. The highest BCUT2D eigenvalue weighted by atomic mass is 32.2. The molecule has 3 N–H and O–H groups in total. The van der Waals surface area contributed by atoms with Gasteiger partial charge in [0.25, 0.3) is 0 Å². The smallest absolute Gasteiger partial charge is 0.407 e. The molecule has 3 atom stereocenters. The number of hydrogen-bond donors (Lipinski definition) is 3. The van der Waals surface area contributed by atoms with Gasteiger partial charge in [-0.15, -0.1) is 0 Å². The largest absolute Gasteiger partial charge is 0.444 e. The van der Waals surface area contributed by atoms with Crippen molar-refractivity contribution in [1.82, 2.24) is 10.0 Å². The van der Waals surface area contributed by atoms with Gasteiger partial charge in [0.15, 0.2) is 0 Å². The SMILES string of the molecule is CC1CC(NC(=O)OC(C)(C)C)[C@@](C)(CS(=O)(=O)NC(=O)Nc2c3c(cc4c2CCC4)CCC3)C1(C)C. The summed E-state index contributed by atoms with van der Waals surface area (Å²) in [6.07, 6.45) is 5.93. The van der Waals surface area contributed by atoms with Gasteiger partial charge in [0.2, 0.25) is 10.0 Å². The van der Waals surface area contributed by atoms with E-state index < -0.39 is 44.6 Å². The van der Waals surface area contributed by atoms with Gasteiger partial charge >= 0.3 is 12.1 Å². The second-order valence-corrected chi connectivity index (χ2v) is 14.7. The van der Waals surface area contributed by atoms with E-state index in [1.165, 1.54) is 11.1 Å². The quantitative estimate of drug-likeness (QED) is 0.488. The molecular formula is C28H43N3O5S. The zero-order valence-corrected chi connectivity index (χ0v) is 24.2. The fourth-order valence-corrected chi connectivity index (χ4v) is 8.32. The molecule has 1 aromatic rings. The third-order valence-electron chi connectivity index (χ3n) is 9.20. The first kappa shape index (κ1) is 27.7. The lowest BCUT2D eigenvalue weighted by Gasteiger charge is -2.43. The number of amides is 3. The standard InChI is InChI=1S/C28H43N3O5S/c1-17-14-22(29-25(33)36-26(2,3)4)28(7,27(17,5)6)16-37(34,35)31-24(32)30-23-20-12-8-10-18(20)15-19-11-9-13-21(19)23/h15,17,22H,8-14,16H2,1-7H3,(H,29,33)(H2,30,31,32)/t17?,22?,28-/m1/s1. The summed E-state index contributed by atoms with van der Waals surface area (Å²) in [6.45, 7) is 13.4. The maximum Gasteiger partial charge on any atom is 0.407 e. The van der Waals surface area contributed by atoms with Crippen molar-refractivity contribution in [2.75, 3.05) is 11.1 Å². The topological polar surface area (TPSA) is 114 Å². The minimum absolute atomic E-state index is 0.149. The Hall–Kier alpha value is -2.29. The number of hydrogen-bond acceptors (Lipinski definition) is 5. The fourth-order valence-electron chi connectivity index (χ4n) is 6.55. The highest BCUT2D eigenvalue weighted by molar-refractivity contribution is 7.90. The van der Waals surface area contributed by atoms with Crippen LogP contribution in [0.4, 0.5) is 15.3 Å². The van der Waals surface area contributed by atoms with Crippen LogP contribution >= 0.6 is 0 Å². The molecular weight excluding hydrogens is 490 g/mol. The Morgan fingerprint density at radius 1 is 1.03 bits per heavy atom. The Bertz CT molecular complexity index is 1170. The number of carbonyl (C=O) groups is 2. The molecule has 37 heavy (non-hydrogen) atoms. The first-order chi connectivity index (χ1) is 17.0. The van der Waals surface area contributed by atoms with E-state index in [4.69, 9.17) is 4.74 Å². The summed E-state index contributed by atoms with van der Waals surface area (Å²) in [5, 5.41) is 5.85. The normalized spacial score (nSPS) is 26.4. The minimum Gasteiger partial charge on any atom is -0.444 e. The van der Waals surface area contributed by atoms with Crippen molar-refractivity contribution in [3.63, 3.8) is 0 Å². The van der Waals surface area contributed by atoms with Crippen LogP contribution in [-0.2, 0) is 40.4 Å². The van der Waals surface area contributed by atoms with E-state index in [0.717, 1.165) is 55.3 Å². The zero-order valence-electron chi connectivity index (χ0n) is 23.3. The summed E-state index contributed by atoms with van der Waals surface area (Å²) in [6, 6.07) is 1.12. The van der Waals surface area contributed by atoms with Crippen molar-refractivity contribution in [1.29, 1.82) is 0 Å². The van der Waals surface area contributed by atoms with Gasteiger partial charge in [-0.05, 0) is 99.3 Å². The lowest BCUT2D eigenvalue weighted by molar-refractivity contribution is 0.0416. The van der Waals surface area contributed by atoms with Gasteiger partial charge in [-0.25, -0.2) is 22.7 Å². The Morgan fingerprint density at radius 3 is 2.14 bits per heavy atom. The summed E-state index contributed by atoms with van der Waals surface area (Å²) in [5.41, 5.74) is 3.72. The van der Waals surface area contributed by atoms with Crippen LogP contribution in [0.25, 0.3) is 0 Å². The number of aryl methyl sites for hydroxylation is 2. The number of anilines is 1. The average Bonchev–Trinajstić information content (AvgIpc) is 3.42. The van der Waals surface area contributed by atoms with Crippen LogP contribution in [0.3, 0.4) is 0 Å². The number of ether oxygens (including phenoxy) is 1. The van der Waals surface area contributed by atoms with Gasteiger partial charge in [0.05, 0.1) is 5.75 Å². The number of rotatable bonds is 5. The molecule has 0 bridgehead atoms. The molecule has 1 fully saturated rings. The Balaban J connectivity index is 1.52. The summed E-state index contributed by atoms with van der Waals surface area (Å²) < 4.78 is 34.5. The lowest BCUT2D eigenvalue weighted by atomic mass is 9.66. The Labute approximate surface area is 221 Å². The van der Waals surface area contributed by atoms with Gasteiger partial charge in [0, 0.05) is 17.1 Å². The van der Waals surface area contributed by atoms with E-state index >= 15 is 0 Å². The van der Waals surface area contributed by atoms with E-state index in [1.54, 1.807) is 20.8 Å². The molecule has 3 aliphatic carbocycles. The molecule has 3 amide bonds. The molecule has 0 heterocycles. The van der Waals surface area contributed by atoms with Gasteiger partial charge in [0.1, 0.15) is 5.60 Å². The number of sulfonamides is 1. The molecule has 1 saturated carbocycles. The van der Waals surface area contributed by atoms with E-state index in [1.807, 2.05) is 20.8 Å². The van der Waals surface area contributed by atoms with E-state index in [0.29, 0.717) is 6.42 Å². The molecule has 3 aliphatic rings. The summed E-state index contributed by atoms with van der Waals surface area (Å²) in [7, 11) is -4.02. The second-order valence-electron chi connectivity index (χ2n) is 13.0. The number of alkyl carbamates (subject to hydrolysis) is 1. The zero-order chi connectivity index (χ0) is 27.4. The molecule has 2 unspecified atom stereocenters. The minimum atomic E-state index is -4.02. The van der Waals surface area contributed by atoms with Crippen LogP contribution in [-0.4, -0.2) is 37.9 Å². The van der Waals surface area contributed by atoms with Crippen LogP contribution in [0.15, 0.2) is 6.07 Å². The highest BCUT2D eigenvalue weighted by Gasteiger charge is 2.58. The van der Waals surface area contributed by atoms with Crippen LogP contribution in [0.2, 0.25) is 0 Å². The number of benzene rings is 1. The summed E-state index contributed by atoms with van der Waals surface area (Å²) >= 11 is 0. The number of urea groups is 1. The second kappa shape index (κ2) is 9.47. The first-order valence-corrected chi connectivity index (χ1v) is 15.1. The van der Waals surface area contributed by atoms with Crippen LogP contribution in [0.1, 0.15) is 90.0 Å². The third kappa shape index (κ3) is 5.47. The van der Waals surface area contributed by atoms with E-state index in [9.17, 15) is 18.0 Å². The van der Waals surface area contributed by atoms with Crippen LogP contribution in [0.5, 0.6) is 0 Å². The fraction of sp³-hybridized carbons (Fsp3) is 0.714. The summed E-state index contributed by atoms with van der Waals surface area (Å²) in [5.74, 6) is -0.146. The average molecular weight is 534 g/mol. The number of nitrogens with one attached hydrogen (secondary N) is 3. The van der Waals surface area contributed by atoms with Crippen molar-refractivity contribution >= 4 is 27.8 Å². The predicted molar refractivity (Wildman–Crippen MR) is 145 cm³/mol. The van der Waals surface area contributed by atoms with E-state index in [2.05, 4.69) is 28.3 Å². The van der Waals surface area contributed by atoms with Crippen molar-refractivity contribution < 1.29 is 22.7 Å². The van der Waals surface area contributed by atoms with Gasteiger partial charge < -0.3 is 15.4 Å². The summed E-state index contributed by atoms with van der Waals surface area (Å²) in [4.78, 5) is 25.6. The number of fused-ring (bicyclic) bond motifs is 2. The van der Waals surface area contributed by atoms with Gasteiger partial charge in [-0.1, -0.05) is 33.8 Å². The predicted octanol–water partition coefficient (Wildman–Crippen LogP) is 5.08. The maximum absolute atomic E-state index is 13.4. The molecule has 0 saturated heterocycles. The van der Waals surface area contributed by atoms with Gasteiger partial charge in [-0.2, -0.15) is 0 Å². The Morgan fingerprint density at radius 2 is 1.59 bits per heavy atom. The van der Waals surface area contributed by atoms with Crippen molar-refractivity contribution in [2.24, 2.45) is 16.7 Å². The molecule has 0 aliphatic heterocycles. The van der Waals surface area contributed by atoms with Gasteiger partial charge in [-0.3, -0.25) is 0 Å². The third-order valence-corrected chi connectivity index (χ3v) is 10.7. The molecule has 0 radical (unpaired) electrons. The highest BCUT2D eigenvalue weighted by Crippen LogP contribution is 2.56. The van der Waals surface area contributed by atoms with E-state index in [-0.39, 0.29) is 11.7 Å². The van der Waals surface area contributed by atoms with Crippen LogP contribution < -0.4 is 15.4 Å². The molecule has 206 valence electrons. The van der Waals surface area contributed by atoms with Crippen molar-refractivity contribution in [3.05, 3.63) is 28.3 Å². The first-order valence-electron chi connectivity index (χ1n) is 13.5. The molecule has 0 spiro atoms. The number of carbonyl (C=O) groups excluding carboxylic acids is 2. The monoisotopic (exact) mass is 533 g/mol. The molecule has 9 heteroatoms. The molecule has 8 nitrogen and oxygen atoms in total. The molecule has 4 rings (SSSR count). The van der Waals surface area contributed by atoms with Crippen molar-refractivity contribution in [3.8, 4) is 0 Å². The van der Waals surface area contributed by atoms with Crippen molar-refractivity contribution in [2.45, 2.75) is 105 Å². The van der Waals surface area contributed by atoms with Crippen LogP contribution in [0, 0.1) is 16.7 Å².